The summed E-state index contributed by atoms with van der Waals surface area (Å²) in [5.74, 6) is 0.864. The van der Waals surface area contributed by atoms with Crippen molar-refractivity contribution in [3.8, 4) is 11.4 Å². The maximum Gasteiger partial charge on any atom is 0.234 e. The molecular weight excluding hydrogens is 490 g/mol. The van der Waals surface area contributed by atoms with E-state index in [1.54, 1.807) is 4.68 Å². The van der Waals surface area contributed by atoms with Gasteiger partial charge < -0.3 is 20.7 Å². The molecule has 3 aromatic rings. The number of aromatic nitrogens is 3. The summed E-state index contributed by atoms with van der Waals surface area (Å²) in [6.45, 7) is 10.4. The number of carbonyl (C=O) groups excluding carboxylic acids is 1. The monoisotopic (exact) mass is 527 g/mol. The number of nitrogens with two attached hydrogens (primary N) is 1. The first kappa shape index (κ1) is 27.3. The van der Waals surface area contributed by atoms with E-state index in [0.29, 0.717) is 24.7 Å². The third kappa shape index (κ3) is 8.39. The predicted octanol–water partition coefficient (Wildman–Crippen LogP) is 3.09. The normalized spacial score (nSPS) is 15.2. The molecule has 0 spiro atoms. The van der Waals surface area contributed by atoms with Gasteiger partial charge in [0.05, 0.1) is 24.4 Å². The van der Waals surface area contributed by atoms with Gasteiger partial charge in [-0.15, -0.1) is 5.10 Å². The topological polar surface area (TPSA) is 102 Å². The van der Waals surface area contributed by atoms with Gasteiger partial charge in [-0.05, 0) is 76.1 Å². The number of carbonyl (C=O) groups is 1. The Morgan fingerprint density at radius 1 is 1.05 bits per heavy atom. The Labute approximate surface area is 223 Å². The van der Waals surface area contributed by atoms with Gasteiger partial charge in [0.25, 0.3) is 0 Å². The quantitative estimate of drug-likeness (QED) is 0.349. The molecule has 0 radical (unpaired) electrons. The van der Waals surface area contributed by atoms with E-state index in [1.807, 2.05) is 56.3 Å². The van der Waals surface area contributed by atoms with Crippen LogP contribution in [0.3, 0.4) is 0 Å². The summed E-state index contributed by atoms with van der Waals surface area (Å²) in [6, 6.07) is 13.4. The van der Waals surface area contributed by atoms with E-state index in [2.05, 4.69) is 25.4 Å². The van der Waals surface area contributed by atoms with Crippen molar-refractivity contribution in [1.29, 1.82) is 0 Å². The third-order valence-electron chi connectivity index (χ3n) is 6.45. The Bertz CT molecular complexity index is 1150. The molecule has 200 valence electrons. The molecule has 3 N–H and O–H groups in total. The number of benzene rings is 2. The van der Waals surface area contributed by atoms with Crippen LogP contribution >= 0.6 is 11.6 Å². The lowest BCUT2D eigenvalue weighted by molar-refractivity contribution is -0.122. The number of nitrogens with one attached hydrogen (secondary N) is 1. The molecule has 1 aromatic heterocycles. The van der Waals surface area contributed by atoms with Crippen LogP contribution in [0.5, 0.6) is 5.75 Å². The lowest BCUT2D eigenvalue weighted by Crippen LogP contribution is -2.51. The molecule has 1 amide bonds. The van der Waals surface area contributed by atoms with Gasteiger partial charge in [-0.2, -0.15) is 0 Å². The highest BCUT2D eigenvalue weighted by atomic mass is 35.5. The molecule has 1 fully saturated rings. The highest BCUT2D eigenvalue weighted by molar-refractivity contribution is 6.30. The molecule has 0 aliphatic carbocycles. The minimum atomic E-state index is -0.382. The fourth-order valence-electron chi connectivity index (χ4n) is 4.33. The first-order valence-corrected chi connectivity index (χ1v) is 13.4. The number of amides is 1. The summed E-state index contributed by atoms with van der Waals surface area (Å²) in [4.78, 5) is 16.8. The van der Waals surface area contributed by atoms with Crippen LogP contribution in [0.1, 0.15) is 33.1 Å². The summed E-state index contributed by atoms with van der Waals surface area (Å²) in [5.41, 5.74) is 8.19. The van der Waals surface area contributed by atoms with E-state index >= 15 is 0 Å². The number of fused-ring (bicyclic) bond motifs is 1. The zero-order chi connectivity index (χ0) is 26.3. The molecule has 0 unspecified atom stereocenters. The predicted molar refractivity (Wildman–Crippen MR) is 147 cm³/mol. The first-order chi connectivity index (χ1) is 17.8. The average molecular weight is 528 g/mol. The Balaban J connectivity index is 1.10. The van der Waals surface area contributed by atoms with E-state index in [-0.39, 0.29) is 11.4 Å². The average Bonchev–Trinajstić information content (AvgIpc) is 3.29. The molecule has 2 heterocycles. The largest absolute Gasteiger partial charge is 0.494 e. The Morgan fingerprint density at radius 2 is 1.78 bits per heavy atom. The molecule has 0 bridgehead atoms. The summed E-state index contributed by atoms with van der Waals surface area (Å²) >= 11 is 5.99. The number of piperazine rings is 1. The molecule has 2 aromatic carbocycles. The fourth-order valence-corrected chi connectivity index (χ4v) is 4.45. The molecule has 1 saturated heterocycles. The highest BCUT2D eigenvalue weighted by Gasteiger charge is 2.19. The van der Waals surface area contributed by atoms with Crippen molar-refractivity contribution in [3.05, 3.63) is 47.5 Å². The second kappa shape index (κ2) is 12.7. The minimum absolute atomic E-state index is 0.0531. The standard InChI is InChI=1S/C27H38ClN7O2/c1-27(2,29)20-30-26(36)19-34-15-13-33(14-16-34)12-4-3-5-17-37-23-10-11-25-24(18-23)31-32-35(25)22-8-6-21(28)7-9-22/h6-11,18H,3-5,12-17,19-20,29H2,1-2H3,(H,30,36). The Morgan fingerprint density at radius 3 is 2.51 bits per heavy atom. The van der Waals surface area contributed by atoms with Crippen LogP contribution in [0.15, 0.2) is 42.5 Å². The Hall–Kier alpha value is -2.72. The van der Waals surface area contributed by atoms with Crippen molar-refractivity contribution in [2.24, 2.45) is 5.73 Å². The highest BCUT2D eigenvalue weighted by Crippen LogP contribution is 2.22. The van der Waals surface area contributed by atoms with Gasteiger partial charge in [0.15, 0.2) is 0 Å². The van der Waals surface area contributed by atoms with Crippen LogP contribution in [0.4, 0.5) is 0 Å². The van der Waals surface area contributed by atoms with Crippen LogP contribution in [0.25, 0.3) is 16.7 Å². The molecule has 4 rings (SSSR count). The zero-order valence-electron chi connectivity index (χ0n) is 21.8. The van der Waals surface area contributed by atoms with Gasteiger partial charge in [0.1, 0.15) is 11.3 Å². The molecule has 1 aliphatic rings. The summed E-state index contributed by atoms with van der Waals surface area (Å²) in [7, 11) is 0. The van der Waals surface area contributed by atoms with E-state index in [1.165, 1.54) is 0 Å². The number of rotatable bonds is 12. The van der Waals surface area contributed by atoms with Crippen LogP contribution < -0.4 is 15.8 Å². The smallest absolute Gasteiger partial charge is 0.234 e. The number of halogens is 1. The molecule has 9 nitrogen and oxygen atoms in total. The number of hydrogen-bond acceptors (Lipinski definition) is 7. The first-order valence-electron chi connectivity index (χ1n) is 13.0. The number of ether oxygens (including phenoxy) is 1. The van der Waals surface area contributed by atoms with Gasteiger partial charge in [0, 0.05) is 49.4 Å². The molecule has 37 heavy (non-hydrogen) atoms. The summed E-state index contributed by atoms with van der Waals surface area (Å²) in [5, 5.41) is 12.2. The van der Waals surface area contributed by atoms with Crippen molar-refractivity contribution in [2.75, 3.05) is 52.4 Å². The minimum Gasteiger partial charge on any atom is -0.494 e. The van der Waals surface area contributed by atoms with Crippen molar-refractivity contribution in [3.63, 3.8) is 0 Å². The van der Waals surface area contributed by atoms with Gasteiger partial charge >= 0.3 is 0 Å². The lowest BCUT2D eigenvalue weighted by atomic mass is 10.1. The maximum absolute atomic E-state index is 12.1. The number of hydrogen-bond donors (Lipinski definition) is 2. The van der Waals surface area contributed by atoms with Crippen LogP contribution in [-0.4, -0.2) is 88.7 Å². The maximum atomic E-state index is 12.1. The van der Waals surface area contributed by atoms with Gasteiger partial charge in [-0.3, -0.25) is 9.69 Å². The van der Waals surface area contributed by atoms with E-state index < -0.39 is 0 Å². The second-order valence-electron chi connectivity index (χ2n) is 10.4. The number of nitrogens with zero attached hydrogens (tertiary/aromatic N) is 5. The number of unbranched alkanes of at least 4 members (excludes halogenated alkanes) is 2. The van der Waals surface area contributed by atoms with Crippen LogP contribution in [-0.2, 0) is 4.79 Å². The van der Waals surface area contributed by atoms with E-state index in [0.717, 1.165) is 74.5 Å². The van der Waals surface area contributed by atoms with Gasteiger partial charge in [0.2, 0.25) is 5.91 Å². The summed E-state index contributed by atoms with van der Waals surface area (Å²) < 4.78 is 7.77. The van der Waals surface area contributed by atoms with Crippen LogP contribution in [0, 0.1) is 0 Å². The van der Waals surface area contributed by atoms with Crippen molar-refractivity contribution in [2.45, 2.75) is 38.6 Å². The zero-order valence-corrected chi connectivity index (χ0v) is 22.6. The second-order valence-corrected chi connectivity index (χ2v) is 10.9. The molecule has 1 aliphatic heterocycles. The third-order valence-corrected chi connectivity index (χ3v) is 6.70. The SMILES string of the molecule is CC(C)(N)CNC(=O)CN1CCN(CCCCCOc2ccc3c(c2)nnn3-c2ccc(Cl)cc2)CC1. The van der Waals surface area contributed by atoms with E-state index in [4.69, 9.17) is 22.1 Å². The Kier molecular flexibility index (Phi) is 9.37. The van der Waals surface area contributed by atoms with Crippen molar-refractivity contribution >= 4 is 28.5 Å². The van der Waals surface area contributed by atoms with Crippen molar-refractivity contribution < 1.29 is 9.53 Å². The van der Waals surface area contributed by atoms with Crippen molar-refractivity contribution in [1.82, 2.24) is 30.1 Å². The van der Waals surface area contributed by atoms with E-state index in [9.17, 15) is 4.79 Å². The molecule has 0 saturated carbocycles. The molecule has 10 heteroatoms. The summed E-state index contributed by atoms with van der Waals surface area (Å²) in [6.07, 6.45) is 3.27. The fraction of sp³-hybridized carbons (Fsp3) is 0.519. The lowest BCUT2D eigenvalue weighted by Gasteiger charge is -2.34. The van der Waals surface area contributed by atoms with Crippen LogP contribution in [0.2, 0.25) is 5.02 Å². The molecular formula is C27H38ClN7O2. The molecule has 0 atom stereocenters. The van der Waals surface area contributed by atoms with Gasteiger partial charge in [-0.1, -0.05) is 16.8 Å². The van der Waals surface area contributed by atoms with Gasteiger partial charge in [-0.25, -0.2) is 4.68 Å².